The van der Waals surface area contributed by atoms with Gasteiger partial charge in [0.05, 0.1) is 11.6 Å². The zero-order valence-corrected chi connectivity index (χ0v) is 15.0. The summed E-state index contributed by atoms with van der Waals surface area (Å²) in [5, 5.41) is 9.95. The number of rotatable bonds is 2. The van der Waals surface area contributed by atoms with Gasteiger partial charge in [-0.05, 0) is 55.6 Å². The molecule has 1 amide bonds. The molecule has 2 aromatic rings. The van der Waals surface area contributed by atoms with E-state index in [1.165, 1.54) is 12.3 Å². The van der Waals surface area contributed by atoms with Gasteiger partial charge in [-0.15, -0.1) is 0 Å². The van der Waals surface area contributed by atoms with Crippen molar-refractivity contribution in [3.63, 3.8) is 0 Å². The van der Waals surface area contributed by atoms with E-state index < -0.39 is 0 Å². The summed E-state index contributed by atoms with van der Waals surface area (Å²) in [6, 6.07) is 11.0. The Morgan fingerprint density at radius 3 is 2.63 bits per heavy atom. The summed E-state index contributed by atoms with van der Waals surface area (Å²) < 4.78 is 0. The lowest BCUT2D eigenvalue weighted by atomic mass is 9.75. The third-order valence-corrected chi connectivity index (χ3v) is 6.58. The largest absolute Gasteiger partial charge is 0.508 e. The van der Waals surface area contributed by atoms with E-state index in [0.717, 1.165) is 31.5 Å². The number of carbonyl (C=O) groups excluding carboxylic acids is 1. The van der Waals surface area contributed by atoms with E-state index in [2.05, 4.69) is 16.0 Å². The van der Waals surface area contributed by atoms with Crippen molar-refractivity contribution in [2.75, 3.05) is 19.6 Å². The summed E-state index contributed by atoms with van der Waals surface area (Å²) in [4.78, 5) is 31.8. The number of hydrogen-bond acceptors (Lipinski definition) is 4. The number of nitrogens with zero attached hydrogens (tertiary/aromatic N) is 2. The minimum absolute atomic E-state index is 0.0161. The van der Waals surface area contributed by atoms with Crippen molar-refractivity contribution in [2.45, 2.75) is 30.8 Å². The first kappa shape index (κ1) is 16.6. The highest BCUT2D eigenvalue weighted by Gasteiger charge is 2.54. The number of amides is 1. The Balaban J connectivity index is 1.53. The van der Waals surface area contributed by atoms with Crippen LogP contribution in [0.25, 0.3) is 0 Å². The smallest absolute Gasteiger partial charge is 0.255 e. The molecule has 0 aliphatic carbocycles. The molecule has 6 rings (SSSR count). The first-order chi connectivity index (χ1) is 13.1. The van der Waals surface area contributed by atoms with Gasteiger partial charge in [-0.25, -0.2) is 0 Å². The van der Waals surface area contributed by atoms with Crippen LogP contribution in [-0.2, 0) is 0 Å². The fourth-order valence-corrected chi connectivity index (χ4v) is 5.41. The summed E-state index contributed by atoms with van der Waals surface area (Å²) in [7, 11) is 0. The number of likely N-dealkylation sites (tertiary alicyclic amines) is 1. The van der Waals surface area contributed by atoms with Crippen molar-refractivity contribution >= 4 is 5.91 Å². The van der Waals surface area contributed by atoms with Crippen molar-refractivity contribution in [3.8, 4) is 5.75 Å². The lowest BCUT2D eigenvalue weighted by Crippen LogP contribution is -2.60. The van der Waals surface area contributed by atoms with Crippen molar-refractivity contribution < 1.29 is 9.90 Å². The Hall–Kier alpha value is -2.60. The Labute approximate surface area is 157 Å². The van der Waals surface area contributed by atoms with E-state index in [0.29, 0.717) is 24.1 Å². The first-order valence-electron chi connectivity index (χ1n) is 9.64. The van der Waals surface area contributed by atoms with Crippen LogP contribution in [0.15, 0.2) is 47.4 Å². The van der Waals surface area contributed by atoms with E-state index in [-0.39, 0.29) is 29.2 Å². The van der Waals surface area contributed by atoms with Gasteiger partial charge in [-0.1, -0.05) is 12.1 Å². The molecule has 1 aromatic carbocycles. The van der Waals surface area contributed by atoms with E-state index >= 15 is 0 Å². The van der Waals surface area contributed by atoms with Gasteiger partial charge < -0.3 is 15.0 Å². The minimum Gasteiger partial charge on any atom is -0.508 e. The predicted octanol–water partition coefficient (Wildman–Crippen LogP) is 1.78. The second-order valence-corrected chi connectivity index (χ2v) is 7.96. The number of hydrogen-bond donors (Lipinski definition) is 2. The van der Waals surface area contributed by atoms with Crippen LogP contribution in [0.3, 0.4) is 0 Å². The molecule has 6 nitrogen and oxygen atoms in total. The summed E-state index contributed by atoms with van der Waals surface area (Å²) in [5.74, 6) is 0.967. The van der Waals surface area contributed by atoms with Crippen LogP contribution < -0.4 is 5.56 Å². The van der Waals surface area contributed by atoms with Gasteiger partial charge in [0, 0.05) is 30.8 Å². The second-order valence-electron chi connectivity index (χ2n) is 7.96. The molecule has 0 saturated carbocycles. The molecule has 0 unspecified atom stereocenters. The van der Waals surface area contributed by atoms with E-state index in [4.69, 9.17) is 0 Å². The molecule has 1 aromatic heterocycles. The van der Waals surface area contributed by atoms with Gasteiger partial charge in [0.15, 0.2) is 0 Å². The monoisotopic (exact) mass is 365 g/mol. The summed E-state index contributed by atoms with van der Waals surface area (Å²) in [6.45, 7) is 2.81. The Bertz CT molecular complexity index is 912. The topological polar surface area (TPSA) is 76.6 Å². The first-order valence-corrected chi connectivity index (χ1v) is 9.64. The molecule has 27 heavy (non-hydrogen) atoms. The summed E-state index contributed by atoms with van der Waals surface area (Å²) in [6.07, 6.45) is 3.77. The molecule has 6 heteroatoms. The van der Waals surface area contributed by atoms with Gasteiger partial charge in [0.25, 0.3) is 5.91 Å². The number of H-pyrrole nitrogens is 1. The van der Waals surface area contributed by atoms with Gasteiger partial charge in [0.1, 0.15) is 5.75 Å². The van der Waals surface area contributed by atoms with Crippen LogP contribution in [0.4, 0.5) is 0 Å². The molecule has 0 spiro atoms. The molecule has 2 N–H and O–H groups in total. The number of aromatic amines is 1. The quantitative estimate of drug-likeness (QED) is 0.851. The maximum atomic E-state index is 13.3. The average Bonchev–Trinajstić information content (AvgIpc) is 3.12. The summed E-state index contributed by atoms with van der Waals surface area (Å²) in [5.41, 5.74) is 1.42. The van der Waals surface area contributed by atoms with Gasteiger partial charge in [0.2, 0.25) is 5.56 Å². The van der Waals surface area contributed by atoms with Crippen LogP contribution in [0.5, 0.6) is 5.75 Å². The van der Waals surface area contributed by atoms with Gasteiger partial charge >= 0.3 is 0 Å². The fraction of sp³-hybridized carbons (Fsp3) is 0.429. The molecule has 140 valence electrons. The maximum Gasteiger partial charge on any atom is 0.255 e. The maximum absolute atomic E-state index is 13.3. The lowest BCUT2D eigenvalue weighted by Gasteiger charge is -2.51. The molecule has 2 bridgehead atoms. The van der Waals surface area contributed by atoms with Crippen LogP contribution in [-0.4, -0.2) is 57.5 Å². The Kier molecular flexibility index (Phi) is 3.82. The summed E-state index contributed by atoms with van der Waals surface area (Å²) >= 11 is 0. The molecule has 4 aliphatic heterocycles. The Morgan fingerprint density at radius 2 is 1.93 bits per heavy atom. The van der Waals surface area contributed by atoms with Crippen molar-refractivity contribution in [3.05, 3.63) is 64.1 Å². The number of carbonyl (C=O) groups is 1. The highest BCUT2D eigenvalue weighted by Crippen LogP contribution is 2.47. The molecular weight excluding hydrogens is 342 g/mol. The number of pyridine rings is 1. The van der Waals surface area contributed by atoms with Gasteiger partial charge in [-0.2, -0.15) is 0 Å². The lowest BCUT2D eigenvalue weighted by molar-refractivity contribution is -0.00343. The number of aromatic hydroxyl groups is 1. The number of fused-ring (bicyclic) bond motifs is 2. The average molecular weight is 365 g/mol. The third-order valence-electron chi connectivity index (χ3n) is 6.58. The van der Waals surface area contributed by atoms with E-state index in [9.17, 15) is 14.7 Å². The molecule has 4 saturated heterocycles. The molecule has 5 heterocycles. The van der Waals surface area contributed by atoms with E-state index in [1.807, 2.05) is 17.0 Å². The standard InChI is InChI=1S/C21H23N3O3/c25-16-3-1-2-14(10-16)17-12-24(21(27)15-4-5-18(26)22-11-15)19-13-6-8-23(9-7-13)20(17)19/h1-5,10-11,13,17,19-20,25H,6-9,12H2,(H,22,26)/t17-,19+,20+/m0/s1. The SMILES string of the molecule is O=C(c1ccc(=O)[nH]c1)N1C[C@@H](c2cccc(O)c2)[C@@H]2[C@H]1C1CCN2CC1. The highest BCUT2D eigenvalue weighted by atomic mass is 16.3. The van der Waals surface area contributed by atoms with Crippen molar-refractivity contribution in [1.29, 1.82) is 0 Å². The third kappa shape index (κ3) is 2.67. The highest BCUT2D eigenvalue weighted by molar-refractivity contribution is 5.94. The van der Waals surface area contributed by atoms with Crippen LogP contribution in [0, 0.1) is 5.92 Å². The zero-order chi connectivity index (χ0) is 18.5. The number of aromatic nitrogens is 1. The number of piperidine rings is 3. The number of phenolic OH excluding ortho intramolecular Hbond substituents is 1. The Morgan fingerprint density at radius 1 is 1.11 bits per heavy atom. The number of phenols is 1. The number of benzene rings is 1. The normalized spacial score (nSPS) is 31.7. The zero-order valence-electron chi connectivity index (χ0n) is 15.0. The van der Waals surface area contributed by atoms with E-state index in [1.54, 1.807) is 12.1 Å². The minimum atomic E-state index is -0.202. The molecule has 3 atom stereocenters. The van der Waals surface area contributed by atoms with Crippen LogP contribution in [0.1, 0.15) is 34.7 Å². The van der Waals surface area contributed by atoms with Gasteiger partial charge in [-0.3, -0.25) is 14.5 Å². The molecular formula is C21H23N3O3. The molecule has 0 radical (unpaired) electrons. The van der Waals surface area contributed by atoms with Crippen molar-refractivity contribution in [1.82, 2.24) is 14.8 Å². The number of nitrogens with one attached hydrogen (secondary N) is 1. The van der Waals surface area contributed by atoms with Crippen LogP contribution in [0.2, 0.25) is 0 Å². The van der Waals surface area contributed by atoms with Crippen molar-refractivity contribution in [2.24, 2.45) is 5.92 Å². The van der Waals surface area contributed by atoms with Crippen LogP contribution >= 0.6 is 0 Å². The fourth-order valence-electron chi connectivity index (χ4n) is 5.41. The molecule has 4 fully saturated rings. The molecule has 4 aliphatic rings. The second kappa shape index (κ2) is 6.23. The predicted molar refractivity (Wildman–Crippen MR) is 101 cm³/mol.